The zero-order valence-electron chi connectivity index (χ0n) is 10.7. The molecular weight excluding hydrogens is 282 g/mol. The van der Waals surface area contributed by atoms with Crippen LogP contribution in [0.5, 0.6) is 0 Å². The summed E-state index contributed by atoms with van der Waals surface area (Å²) in [6.07, 6.45) is 1.06. The number of aromatic nitrogens is 2. The van der Waals surface area contributed by atoms with Crippen LogP contribution in [0.25, 0.3) is 0 Å². The summed E-state index contributed by atoms with van der Waals surface area (Å²) in [5.41, 5.74) is 1.53. The molecule has 1 N–H and O–H groups in total. The van der Waals surface area contributed by atoms with Crippen molar-refractivity contribution in [2.45, 2.75) is 33.7 Å². The lowest BCUT2D eigenvalue weighted by Crippen LogP contribution is -2.30. The summed E-state index contributed by atoms with van der Waals surface area (Å²) >= 11 is 3.40. The SMILES string of the molecule is CCn1nc(C)cc1C(=O)NCC(C)CCBr. The number of hydrogen-bond donors (Lipinski definition) is 1. The van der Waals surface area contributed by atoms with E-state index in [1.54, 1.807) is 4.68 Å². The van der Waals surface area contributed by atoms with Crippen molar-refractivity contribution < 1.29 is 4.79 Å². The quantitative estimate of drug-likeness (QED) is 0.820. The Hall–Kier alpha value is -0.840. The molecule has 96 valence electrons. The van der Waals surface area contributed by atoms with Crippen LogP contribution in [-0.2, 0) is 6.54 Å². The molecule has 1 amide bonds. The molecule has 5 heteroatoms. The molecule has 1 aromatic heterocycles. The Labute approximate surface area is 111 Å². The van der Waals surface area contributed by atoms with Crippen LogP contribution < -0.4 is 5.32 Å². The van der Waals surface area contributed by atoms with Crippen LogP contribution in [0.2, 0.25) is 0 Å². The third-order valence-corrected chi connectivity index (χ3v) is 3.11. The second-order valence-corrected chi connectivity index (χ2v) is 5.07. The van der Waals surface area contributed by atoms with Gasteiger partial charge < -0.3 is 5.32 Å². The molecule has 0 bridgehead atoms. The Morgan fingerprint density at radius 1 is 1.65 bits per heavy atom. The van der Waals surface area contributed by atoms with Crippen molar-refractivity contribution in [2.75, 3.05) is 11.9 Å². The van der Waals surface area contributed by atoms with E-state index in [4.69, 9.17) is 0 Å². The summed E-state index contributed by atoms with van der Waals surface area (Å²) < 4.78 is 1.74. The molecule has 0 aromatic carbocycles. The molecule has 1 unspecified atom stereocenters. The number of alkyl halides is 1. The first-order valence-corrected chi connectivity index (χ1v) is 7.09. The summed E-state index contributed by atoms with van der Waals surface area (Å²) in [6.45, 7) is 7.43. The topological polar surface area (TPSA) is 46.9 Å². The molecule has 0 aliphatic rings. The maximum Gasteiger partial charge on any atom is 0.269 e. The van der Waals surface area contributed by atoms with Gasteiger partial charge in [-0.1, -0.05) is 22.9 Å². The molecule has 1 atom stereocenters. The highest BCUT2D eigenvalue weighted by Gasteiger charge is 2.13. The minimum atomic E-state index is -0.0335. The lowest BCUT2D eigenvalue weighted by atomic mass is 10.1. The summed E-state index contributed by atoms with van der Waals surface area (Å²) in [5.74, 6) is 0.450. The van der Waals surface area contributed by atoms with E-state index in [2.05, 4.69) is 33.3 Å². The number of carbonyl (C=O) groups is 1. The van der Waals surface area contributed by atoms with Gasteiger partial charge in [0, 0.05) is 18.4 Å². The second-order valence-electron chi connectivity index (χ2n) is 4.28. The second kappa shape index (κ2) is 6.79. The van der Waals surface area contributed by atoms with Gasteiger partial charge in [-0.15, -0.1) is 0 Å². The Morgan fingerprint density at radius 2 is 2.35 bits per heavy atom. The Balaban J connectivity index is 2.57. The van der Waals surface area contributed by atoms with Crippen LogP contribution in [0.3, 0.4) is 0 Å². The molecule has 17 heavy (non-hydrogen) atoms. The smallest absolute Gasteiger partial charge is 0.269 e. The highest BCUT2D eigenvalue weighted by atomic mass is 79.9. The molecule has 0 aliphatic carbocycles. The van der Waals surface area contributed by atoms with E-state index >= 15 is 0 Å². The van der Waals surface area contributed by atoms with Gasteiger partial charge in [0.2, 0.25) is 0 Å². The van der Waals surface area contributed by atoms with Gasteiger partial charge in [0.1, 0.15) is 5.69 Å². The van der Waals surface area contributed by atoms with Crippen LogP contribution in [-0.4, -0.2) is 27.6 Å². The van der Waals surface area contributed by atoms with E-state index in [-0.39, 0.29) is 5.91 Å². The van der Waals surface area contributed by atoms with E-state index in [1.165, 1.54) is 0 Å². The summed E-state index contributed by atoms with van der Waals surface area (Å²) in [4.78, 5) is 12.0. The van der Waals surface area contributed by atoms with Gasteiger partial charge in [-0.25, -0.2) is 0 Å². The summed E-state index contributed by atoms with van der Waals surface area (Å²) in [5, 5.41) is 8.18. The van der Waals surface area contributed by atoms with Crippen LogP contribution in [0, 0.1) is 12.8 Å². The fourth-order valence-corrected chi connectivity index (χ4v) is 2.40. The van der Waals surface area contributed by atoms with Gasteiger partial charge >= 0.3 is 0 Å². The lowest BCUT2D eigenvalue weighted by Gasteiger charge is -2.11. The van der Waals surface area contributed by atoms with Gasteiger partial charge in [-0.3, -0.25) is 9.48 Å². The Morgan fingerprint density at radius 3 is 2.94 bits per heavy atom. The van der Waals surface area contributed by atoms with Crippen molar-refractivity contribution in [1.82, 2.24) is 15.1 Å². The molecule has 0 spiro atoms. The zero-order valence-corrected chi connectivity index (χ0v) is 12.2. The fourth-order valence-electron chi connectivity index (χ4n) is 1.62. The number of carbonyl (C=O) groups excluding carboxylic acids is 1. The number of nitrogens with zero attached hydrogens (tertiary/aromatic N) is 2. The standard InChI is InChI=1S/C12H20BrN3O/c1-4-16-11(7-10(3)15-16)12(17)14-8-9(2)5-6-13/h7,9H,4-6,8H2,1-3H3,(H,14,17). The number of rotatable bonds is 6. The first-order valence-electron chi connectivity index (χ1n) is 5.97. The molecule has 4 nitrogen and oxygen atoms in total. The van der Waals surface area contributed by atoms with Gasteiger partial charge in [-0.05, 0) is 32.3 Å². The van der Waals surface area contributed by atoms with Crippen molar-refractivity contribution in [3.8, 4) is 0 Å². The third kappa shape index (κ3) is 4.15. The average molecular weight is 302 g/mol. The van der Waals surface area contributed by atoms with E-state index in [1.807, 2.05) is 19.9 Å². The molecular formula is C12H20BrN3O. The highest BCUT2D eigenvalue weighted by molar-refractivity contribution is 9.09. The van der Waals surface area contributed by atoms with Crippen molar-refractivity contribution >= 4 is 21.8 Å². The molecule has 1 aromatic rings. The fraction of sp³-hybridized carbons (Fsp3) is 0.667. The van der Waals surface area contributed by atoms with Crippen LogP contribution in [0.15, 0.2) is 6.07 Å². The number of halogens is 1. The average Bonchev–Trinajstić information content (AvgIpc) is 2.68. The van der Waals surface area contributed by atoms with Crippen molar-refractivity contribution in [2.24, 2.45) is 5.92 Å². The number of hydrogen-bond acceptors (Lipinski definition) is 2. The molecule has 1 rings (SSSR count). The first-order chi connectivity index (χ1) is 8.08. The van der Waals surface area contributed by atoms with E-state index in [0.717, 1.165) is 17.4 Å². The highest BCUT2D eigenvalue weighted by Crippen LogP contribution is 2.06. The number of aryl methyl sites for hydroxylation is 2. The monoisotopic (exact) mass is 301 g/mol. The van der Waals surface area contributed by atoms with E-state index < -0.39 is 0 Å². The number of nitrogens with one attached hydrogen (secondary N) is 1. The Kier molecular flexibility index (Phi) is 5.68. The zero-order chi connectivity index (χ0) is 12.8. The molecule has 0 saturated carbocycles. The first kappa shape index (κ1) is 14.2. The van der Waals surface area contributed by atoms with Gasteiger partial charge in [-0.2, -0.15) is 5.10 Å². The third-order valence-electron chi connectivity index (χ3n) is 2.65. The predicted molar refractivity (Wildman–Crippen MR) is 72.5 cm³/mol. The molecule has 0 saturated heterocycles. The maximum absolute atomic E-state index is 12.0. The lowest BCUT2D eigenvalue weighted by molar-refractivity contribution is 0.0937. The summed E-state index contributed by atoms with van der Waals surface area (Å²) in [7, 11) is 0. The molecule has 0 fully saturated rings. The molecule has 0 radical (unpaired) electrons. The Bertz CT molecular complexity index is 376. The van der Waals surface area contributed by atoms with Gasteiger partial charge in [0.25, 0.3) is 5.91 Å². The minimum Gasteiger partial charge on any atom is -0.350 e. The van der Waals surface area contributed by atoms with Gasteiger partial charge in [0.05, 0.1) is 5.69 Å². The molecule has 1 heterocycles. The largest absolute Gasteiger partial charge is 0.350 e. The van der Waals surface area contributed by atoms with E-state index in [0.29, 0.717) is 24.7 Å². The van der Waals surface area contributed by atoms with Crippen molar-refractivity contribution in [1.29, 1.82) is 0 Å². The van der Waals surface area contributed by atoms with Crippen LogP contribution >= 0.6 is 15.9 Å². The summed E-state index contributed by atoms with van der Waals surface area (Å²) in [6, 6.07) is 1.83. The van der Waals surface area contributed by atoms with Crippen molar-refractivity contribution in [3.63, 3.8) is 0 Å². The van der Waals surface area contributed by atoms with Crippen LogP contribution in [0.1, 0.15) is 36.5 Å². The predicted octanol–water partition coefficient (Wildman–Crippen LogP) is 2.36. The van der Waals surface area contributed by atoms with Gasteiger partial charge in [0.15, 0.2) is 0 Å². The van der Waals surface area contributed by atoms with E-state index in [9.17, 15) is 4.79 Å². The number of amides is 1. The minimum absolute atomic E-state index is 0.0335. The normalized spacial score (nSPS) is 12.5. The van der Waals surface area contributed by atoms with Crippen molar-refractivity contribution in [3.05, 3.63) is 17.5 Å². The molecule has 0 aliphatic heterocycles. The maximum atomic E-state index is 12.0. The van der Waals surface area contributed by atoms with Crippen LogP contribution in [0.4, 0.5) is 0 Å².